The van der Waals surface area contributed by atoms with E-state index < -0.39 is 5.41 Å². The Bertz CT molecular complexity index is 280. The number of carbonyl (C=O) groups is 1. The number of rotatable bonds is 9. The Morgan fingerprint density at radius 2 is 2.12 bits per heavy atom. The molecule has 1 aliphatic rings. The van der Waals surface area contributed by atoms with Crippen molar-refractivity contribution in [2.45, 2.75) is 19.3 Å². The summed E-state index contributed by atoms with van der Waals surface area (Å²) in [6.07, 6.45) is 2.33. The predicted molar refractivity (Wildman–Crippen MR) is 68.8 cm³/mol. The lowest BCUT2D eigenvalue weighted by Crippen LogP contribution is -2.40. The summed E-state index contributed by atoms with van der Waals surface area (Å²) in [6, 6.07) is 0. The van der Waals surface area contributed by atoms with Crippen molar-refractivity contribution >= 4 is 23.1 Å². The highest BCUT2D eigenvalue weighted by molar-refractivity contribution is 7.80. The normalized spacial score (nSPS) is 16.5. The zero-order chi connectivity index (χ0) is 12.7. The molecule has 0 saturated heterocycles. The Morgan fingerprint density at radius 1 is 1.41 bits per heavy atom. The lowest BCUT2D eigenvalue weighted by atomic mass is 10.1. The van der Waals surface area contributed by atoms with Crippen LogP contribution in [0.15, 0.2) is 0 Å². The van der Waals surface area contributed by atoms with Crippen LogP contribution in [-0.4, -0.2) is 44.4 Å². The van der Waals surface area contributed by atoms with Crippen LogP contribution in [0, 0.1) is 5.41 Å². The van der Waals surface area contributed by atoms with E-state index in [-0.39, 0.29) is 5.91 Å². The van der Waals surface area contributed by atoms with Crippen molar-refractivity contribution in [2.24, 2.45) is 11.1 Å². The maximum atomic E-state index is 11.8. The molecule has 1 fully saturated rings. The molecule has 17 heavy (non-hydrogen) atoms. The van der Waals surface area contributed by atoms with E-state index in [1.54, 1.807) is 7.11 Å². The van der Waals surface area contributed by atoms with E-state index in [2.05, 4.69) is 5.32 Å². The Hall–Kier alpha value is -0.720. The Labute approximate surface area is 107 Å². The molecule has 98 valence electrons. The van der Waals surface area contributed by atoms with Gasteiger partial charge in [0.1, 0.15) is 0 Å². The number of thiocarbonyl (C=S) groups is 1. The molecule has 1 saturated carbocycles. The van der Waals surface area contributed by atoms with Gasteiger partial charge in [0.05, 0.1) is 23.6 Å². The second-order valence-corrected chi connectivity index (χ2v) is 4.60. The molecule has 0 bridgehead atoms. The molecule has 0 unspecified atom stereocenters. The van der Waals surface area contributed by atoms with Gasteiger partial charge in [-0.3, -0.25) is 4.79 Å². The summed E-state index contributed by atoms with van der Waals surface area (Å²) in [5.74, 6) is -0.0399. The summed E-state index contributed by atoms with van der Waals surface area (Å²) < 4.78 is 10.1. The molecule has 0 aliphatic heterocycles. The smallest absolute Gasteiger partial charge is 0.233 e. The molecule has 0 aromatic rings. The molecule has 1 rings (SSSR count). The number of ether oxygens (including phenoxy) is 2. The van der Waals surface area contributed by atoms with E-state index in [9.17, 15) is 4.79 Å². The molecule has 0 spiro atoms. The van der Waals surface area contributed by atoms with Crippen LogP contribution in [0.2, 0.25) is 0 Å². The van der Waals surface area contributed by atoms with E-state index in [1.165, 1.54) is 0 Å². The van der Waals surface area contributed by atoms with E-state index in [0.717, 1.165) is 19.3 Å². The van der Waals surface area contributed by atoms with Crippen LogP contribution >= 0.6 is 12.2 Å². The third kappa shape index (κ3) is 4.22. The predicted octanol–water partition coefficient (Wildman–Crippen LogP) is 0.222. The van der Waals surface area contributed by atoms with E-state index in [4.69, 9.17) is 27.4 Å². The highest BCUT2D eigenvalue weighted by Crippen LogP contribution is 2.46. The van der Waals surface area contributed by atoms with Gasteiger partial charge in [0.25, 0.3) is 0 Å². The highest BCUT2D eigenvalue weighted by Gasteiger charge is 2.52. The minimum absolute atomic E-state index is 0.0399. The Kier molecular flexibility index (Phi) is 5.80. The average Bonchev–Trinajstić information content (AvgIpc) is 3.08. The summed E-state index contributed by atoms with van der Waals surface area (Å²) in [6.45, 7) is 2.39. The highest BCUT2D eigenvalue weighted by atomic mass is 32.1. The number of hydrogen-bond donors (Lipinski definition) is 2. The van der Waals surface area contributed by atoms with Crippen LogP contribution < -0.4 is 11.1 Å². The van der Waals surface area contributed by atoms with Crippen molar-refractivity contribution in [3.63, 3.8) is 0 Å². The van der Waals surface area contributed by atoms with E-state index >= 15 is 0 Å². The van der Waals surface area contributed by atoms with Crippen molar-refractivity contribution < 1.29 is 14.3 Å². The third-order valence-electron chi connectivity index (χ3n) is 2.84. The average molecular weight is 260 g/mol. The van der Waals surface area contributed by atoms with Gasteiger partial charge < -0.3 is 20.5 Å². The first-order valence-electron chi connectivity index (χ1n) is 5.78. The molecule has 0 aromatic carbocycles. The van der Waals surface area contributed by atoms with Crippen molar-refractivity contribution in [1.82, 2.24) is 5.32 Å². The van der Waals surface area contributed by atoms with Gasteiger partial charge in [0.15, 0.2) is 0 Å². The first-order chi connectivity index (χ1) is 8.13. The second kappa shape index (κ2) is 6.88. The summed E-state index contributed by atoms with van der Waals surface area (Å²) in [7, 11) is 1.63. The lowest BCUT2D eigenvalue weighted by Gasteiger charge is -2.13. The van der Waals surface area contributed by atoms with Crippen molar-refractivity contribution in [2.75, 3.05) is 33.5 Å². The van der Waals surface area contributed by atoms with Gasteiger partial charge in [-0.15, -0.1) is 0 Å². The van der Waals surface area contributed by atoms with Crippen molar-refractivity contribution in [3.05, 3.63) is 0 Å². The van der Waals surface area contributed by atoms with Crippen LogP contribution in [0.25, 0.3) is 0 Å². The van der Waals surface area contributed by atoms with Gasteiger partial charge >= 0.3 is 0 Å². The largest absolute Gasteiger partial charge is 0.392 e. The maximum Gasteiger partial charge on any atom is 0.233 e. The van der Waals surface area contributed by atoms with E-state index in [0.29, 0.717) is 31.4 Å². The molecule has 0 heterocycles. The fraction of sp³-hybridized carbons (Fsp3) is 0.818. The topological polar surface area (TPSA) is 73.6 Å². The first kappa shape index (κ1) is 14.3. The summed E-state index contributed by atoms with van der Waals surface area (Å²) in [5.41, 5.74) is 5.00. The van der Waals surface area contributed by atoms with Gasteiger partial charge in [-0.05, 0) is 19.3 Å². The van der Waals surface area contributed by atoms with E-state index in [1.807, 2.05) is 0 Å². The van der Waals surface area contributed by atoms with Crippen LogP contribution in [0.4, 0.5) is 0 Å². The number of amides is 1. The molecular formula is C11H20N2O3S. The number of methoxy groups -OCH3 is 1. The van der Waals surface area contributed by atoms with Gasteiger partial charge in [0.2, 0.25) is 5.91 Å². The molecule has 3 N–H and O–H groups in total. The Balaban J connectivity index is 2.03. The zero-order valence-corrected chi connectivity index (χ0v) is 11.0. The molecule has 1 aliphatic carbocycles. The van der Waals surface area contributed by atoms with Crippen molar-refractivity contribution in [3.8, 4) is 0 Å². The van der Waals surface area contributed by atoms with Crippen LogP contribution in [-0.2, 0) is 14.3 Å². The fourth-order valence-corrected chi connectivity index (χ4v) is 1.80. The number of carbonyl (C=O) groups excluding carboxylic acids is 1. The quantitative estimate of drug-likeness (QED) is 0.458. The van der Waals surface area contributed by atoms with Crippen LogP contribution in [0.5, 0.6) is 0 Å². The zero-order valence-electron chi connectivity index (χ0n) is 10.2. The first-order valence-corrected chi connectivity index (χ1v) is 6.19. The molecule has 1 amide bonds. The fourth-order valence-electron chi connectivity index (χ4n) is 1.50. The van der Waals surface area contributed by atoms with Gasteiger partial charge in [-0.2, -0.15) is 0 Å². The van der Waals surface area contributed by atoms with Gasteiger partial charge in [0, 0.05) is 20.3 Å². The third-order valence-corrected chi connectivity index (χ3v) is 3.23. The molecule has 6 heteroatoms. The minimum atomic E-state index is -0.549. The SMILES string of the molecule is COCCOCCCNC(=O)C1(C(N)=S)CC1. The molecule has 0 aromatic heterocycles. The number of nitrogens with two attached hydrogens (primary N) is 1. The summed E-state index contributed by atoms with van der Waals surface area (Å²) in [5, 5.41) is 2.84. The van der Waals surface area contributed by atoms with Crippen molar-refractivity contribution in [1.29, 1.82) is 0 Å². The summed E-state index contributed by atoms with van der Waals surface area (Å²) >= 11 is 4.90. The Morgan fingerprint density at radius 3 is 2.65 bits per heavy atom. The minimum Gasteiger partial charge on any atom is -0.392 e. The standard InChI is InChI=1S/C11H20N2O3S/c1-15-7-8-16-6-2-5-13-10(14)11(3-4-11)9(12)17/h2-8H2,1H3,(H2,12,17)(H,13,14). The maximum absolute atomic E-state index is 11.8. The molecular weight excluding hydrogens is 240 g/mol. The molecule has 5 nitrogen and oxygen atoms in total. The van der Waals surface area contributed by atoms with Gasteiger partial charge in [-0.25, -0.2) is 0 Å². The summed E-state index contributed by atoms with van der Waals surface area (Å²) in [4.78, 5) is 12.1. The monoisotopic (exact) mass is 260 g/mol. The van der Waals surface area contributed by atoms with Crippen LogP contribution in [0.3, 0.4) is 0 Å². The van der Waals surface area contributed by atoms with Gasteiger partial charge in [-0.1, -0.05) is 12.2 Å². The second-order valence-electron chi connectivity index (χ2n) is 4.16. The number of hydrogen-bond acceptors (Lipinski definition) is 4. The number of nitrogens with one attached hydrogen (secondary N) is 1. The molecule has 0 radical (unpaired) electrons. The molecule has 0 atom stereocenters. The lowest BCUT2D eigenvalue weighted by molar-refractivity contribution is -0.124. The van der Waals surface area contributed by atoms with Crippen LogP contribution in [0.1, 0.15) is 19.3 Å².